The quantitative estimate of drug-likeness (QED) is 0.729. The predicted molar refractivity (Wildman–Crippen MR) is 106 cm³/mol. The van der Waals surface area contributed by atoms with Crippen LogP contribution in [0.2, 0.25) is 0 Å². The summed E-state index contributed by atoms with van der Waals surface area (Å²) in [6.07, 6.45) is 0. The standard InChI is InChI=1S/C21H20N4O4/c26-20-16-4-2-1-3-15(16)19(22-23-20)21(27)25-9-7-24(8-10-25)12-14-5-6-17-18(11-14)29-13-28-17/h1-6,11H,7-10,12-13H2,(H,23,26). The SMILES string of the molecule is O=C(c1n[nH]c(=O)c2ccccc12)N1CCN(Cc2ccc3c(c2)OCO3)CC1. The molecule has 0 bridgehead atoms. The number of nitrogens with one attached hydrogen (secondary N) is 1. The van der Waals surface area contributed by atoms with E-state index in [1.807, 2.05) is 24.3 Å². The fraction of sp³-hybridized carbons (Fsp3) is 0.286. The Hall–Kier alpha value is -3.39. The van der Waals surface area contributed by atoms with Crippen molar-refractivity contribution in [3.05, 3.63) is 64.1 Å². The van der Waals surface area contributed by atoms with Gasteiger partial charge in [0, 0.05) is 38.1 Å². The van der Waals surface area contributed by atoms with E-state index in [4.69, 9.17) is 9.47 Å². The highest BCUT2D eigenvalue weighted by Crippen LogP contribution is 2.32. The molecule has 2 aliphatic rings. The van der Waals surface area contributed by atoms with Crippen LogP contribution in [-0.4, -0.2) is 58.9 Å². The zero-order valence-electron chi connectivity index (χ0n) is 15.8. The lowest BCUT2D eigenvalue weighted by atomic mass is 10.1. The van der Waals surface area contributed by atoms with Crippen molar-refractivity contribution in [2.75, 3.05) is 33.0 Å². The molecule has 3 heterocycles. The second-order valence-electron chi connectivity index (χ2n) is 7.20. The summed E-state index contributed by atoms with van der Waals surface area (Å²) < 4.78 is 10.8. The fourth-order valence-electron chi connectivity index (χ4n) is 3.83. The number of aromatic amines is 1. The van der Waals surface area contributed by atoms with Crippen LogP contribution in [0, 0.1) is 0 Å². The summed E-state index contributed by atoms with van der Waals surface area (Å²) in [5.74, 6) is 1.41. The number of H-pyrrole nitrogens is 1. The van der Waals surface area contributed by atoms with Crippen LogP contribution in [0.3, 0.4) is 0 Å². The van der Waals surface area contributed by atoms with Gasteiger partial charge in [0.15, 0.2) is 17.2 Å². The average Bonchev–Trinajstić information content (AvgIpc) is 3.22. The second kappa shape index (κ2) is 7.21. The molecule has 1 saturated heterocycles. The Morgan fingerprint density at radius 1 is 1.00 bits per heavy atom. The third kappa shape index (κ3) is 3.31. The number of amides is 1. The predicted octanol–water partition coefficient (Wildman–Crippen LogP) is 1.61. The molecule has 2 aromatic carbocycles. The van der Waals surface area contributed by atoms with E-state index in [0.29, 0.717) is 29.6 Å². The fourth-order valence-corrected chi connectivity index (χ4v) is 3.83. The van der Waals surface area contributed by atoms with Gasteiger partial charge in [-0.3, -0.25) is 14.5 Å². The molecule has 5 rings (SSSR count). The van der Waals surface area contributed by atoms with Crippen LogP contribution in [-0.2, 0) is 6.54 Å². The number of piperazine rings is 1. The number of carbonyl (C=O) groups excluding carboxylic acids is 1. The zero-order valence-corrected chi connectivity index (χ0v) is 15.8. The van der Waals surface area contributed by atoms with Crippen molar-refractivity contribution in [1.82, 2.24) is 20.0 Å². The number of rotatable bonds is 3. The van der Waals surface area contributed by atoms with Gasteiger partial charge in [-0.2, -0.15) is 5.10 Å². The van der Waals surface area contributed by atoms with Gasteiger partial charge in [0.05, 0.1) is 5.39 Å². The van der Waals surface area contributed by atoms with Gasteiger partial charge in [0.2, 0.25) is 6.79 Å². The molecule has 1 fully saturated rings. The Morgan fingerprint density at radius 3 is 2.59 bits per heavy atom. The summed E-state index contributed by atoms with van der Waals surface area (Å²) >= 11 is 0. The van der Waals surface area contributed by atoms with Crippen LogP contribution in [0.1, 0.15) is 16.1 Å². The lowest BCUT2D eigenvalue weighted by Crippen LogP contribution is -2.48. The first-order valence-corrected chi connectivity index (χ1v) is 9.56. The molecule has 2 aliphatic heterocycles. The van der Waals surface area contributed by atoms with Crippen LogP contribution >= 0.6 is 0 Å². The van der Waals surface area contributed by atoms with Crippen molar-refractivity contribution in [2.45, 2.75) is 6.54 Å². The zero-order chi connectivity index (χ0) is 19.8. The van der Waals surface area contributed by atoms with Gasteiger partial charge in [0.1, 0.15) is 0 Å². The highest BCUT2D eigenvalue weighted by Gasteiger charge is 2.25. The normalized spacial score (nSPS) is 16.3. The lowest BCUT2D eigenvalue weighted by molar-refractivity contribution is 0.0623. The van der Waals surface area contributed by atoms with Crippen molar-refractivity contribution in [3.63, 3.8) is 0 Å². The molecule has 1 amide bonds. The van der Waals surface area contributed by atoms with Crippen LogP contribution in [0.25, 0.3) is 10.8 Å². The minimum atomic E-state index is -0.286. The summed E-state index contributed by atoms with van der Waals surface area (Å²) in [5.41, 5.74) is 1.16. The van der Waals surface area contributed by atoms with Crippen molar-refractivity contribution in [1.29, 1.82) is 0 Å². The number of ether oxygens (including phenoxy) is 2. The first kappa shape index (κ1) is 17.7. The largest absolute Gasteiger partial charge is 0.454 e. The average molecular weight is 392 g/mol. The van der Waals surface area contributed by atoms with Crippen molar-refractivity contribution >= 4 is 16.7 Å². The summed E-state index contributed by atoms with van der Waals surface area (Å²) in [5, 5.41) is 7.54. The maximum absolute atomic E-state index is 13.0. The molecule has 0 aliphatic carbocycles. The van der Waals surface area contributed by atoms with E-state index in [-0.39, 0.29) is 18.3 Å². The first-order chi connectivity index (χ1) is 14.2. The number of nitrogens with zero attached hydrogens (tertiary/aromatic N) is 3. The van der Waals surface area contributed by atoms with Crippen LogP contribution in [0.4, 0.5) is 0 Å². The Labute approximate surface area is 166 Å². The van der Waals surface area contributed by atoms with Crippen molar-refractivity contribution < 1.29 is 14.3 Å². The topological polar surface area (TPSA) is 87.8 Å². The van der Waals surface area contributed by atoms with E-state index < -0.39 is 0 Å². The van der Waals surface area contributed by atoms with Crippen LogP contribution < -0.4 is 15.0 Å². The number of hydrogen-bond donors (Lipinski definition) is 1. The van der Waals surface area contributed by atoms with E-state index in [9.17, 15) is 9.59 Å². The van der Waals surface area contributed by atoms with E-state index in [1.54, 1.807) is 23.1 Å². The molecular formula is C21H20N4O4. The van der Waals surface area contributed by atoms with Gasteiger partial charge in [-0.25, -0.2) is 5.10 Å². The summed E-state index contributed by atoms with van der Waals surface area (Å²) in [6.45, 7) is 3.81. The number of fused-ring (bicyclic) bond motifs is 2. The molecule has 0 saturated carbocycles. The minimum absolute atomic E-state index is 0.153. The Balaban J connectivity index is 1.27. The van der Waals surface area contributed by atoms with Gasteiger partial charge < -0.3 is 14.4 Å². The molecule has 0 unspecified atom stereocenters. The Bertz CT molecular complexity index is 1130. The molecular weight excluding hydrogens is 372 g/mol. The molecule has 148 valence electrons. The molecule has 8 nitrogen and oxygen atoms in total. The number of hydrogen-bond acceptors (Lipinski definition) is 6. The van der Waals surface area contributed by atoms with Gasteiger partial charge in [-0.1, -0.05) is 24.3 Å². The van der Waals surface area contributed by atoms with Crippen molar-refractivity contribution in [3.8, 4) is 11.5 Å². The van der Waals surface area contributed by atoms with Gasteiger partial charge in [0.25, 0.3) is 11.5 Å². The van der Waals surface area contributed by atoms with Gasteiger partial charge >= 0.3 is 0 Å². The molecule has 3 aromatic rings. The van der Waals surface area contributed by atoms with E-state index >= 15 is 0 Å². The van der Waals surface area contributed by atoms with E-state index in [2.05, 4.69) is 15.1 Å². The summed E-state index contributed by atoms with van der Waals surface area (Å²) in [4.78, 5) is 29.1. The molecule has 0 radical (unpaired) electrons. The first-order valence-electron chi connectivity index (χ1n) is 9.56. The Morgan fingerprint density at radius 2 is 1.76 bits per heavy atom. The number of benzene rings is 2. The van der Waals surface area contributed by atoms with Crippen LogP contribution in [0.15, 0.2) is 47.3 Å². The highest BCUT2D eigenvalue weighted by atomic mass is 16.7. The third-order valence-corrected chi connectivity index (χ3v) is 5.40. The summed E-state index contributed by atoms with van der Waals surface area (Å²) in [6, 6.07) is 13.0. The molecule has 0 spiro atoms. The maximum atomic E-state index is 13.0. The van der Waals surface area contributed by atoms with Crippen molar-refractivity contribution in [2.24, 2.45) is 0 Å². The molecule has 1 N–H and O–H groups in total. The maximum Gasteiger partial charge on any atom is 0.275 e. The van der Waals surface area contributed by atoms with E-state index in [0.717, 1.165) is 36.7 Å². The highest BCUT2D eigenvalue weighted by molar-refractivity contribution is 6.04. The van der Waals surface area contributed by atoms with Gasteiger partial charge in [-0.15, -0.1) is 0 Å². The second-order valence-corrected chi connectivity index (χ2v) is 7.20. The Kier molecular flexibility index (Phi) is 4.40. The van der Waals surface area contributed by atoms with Gasteiger partial charge in [-0.05, 0) is 23.8 Å². The smallest absolute Gasteiger partial charge is 0.275 e. The summed E-state index contributed by atoms with van der Waals surface area (Å²) in [7, 11) is 0. The van der Waals surface area contributed by atoms with E-state index in [1.165, 1.54) is 0 Å². The number of aromatic nitrogens is 2. The molecule has 0 atom stereocenters. The number of carbonyl (C=O) groups is 1. The third-order valence-electron chi connectivity index (χ3n) is 5.40. The molecule has 1 aromatic heterocycles. The van der Waals surface area contributed by atoms with Crippen LogP contribution in [0.5, 0.6) is 11.5 Å². The minimum Gasteiger partial charge on any atom is -0.454 e. The lowest BCUT2D eigenvalue weighted by Gasteiger charge is -2.34. The molecule has 29 heavy (non-hydrogen) atoms. The molecule has 8 heteroatoms. The monoisotopic (exact) mass is 392 g/mol.